The van der Waals surface area contributed by atoms with Crippen LogP contribution in [0.1, 0.15) is 24.1 Å². The fraction of sp³-hybridized carbons (Fsp3) is 0.222. The van der Waals surface area contributed by atoms with Gasteiger partial charge in [0.25, 0.3) is 0 Å². The van der Waals surface area contributed by atoms with Crippen molar-refractivity contribution in [2.24, 2.45) is 0 Å². The molecule has 0 atom stereocenters. The first-order valence-electron chi connectivity index (χ1n) is 7.62. The Bertz CT molecular complexity index is 802. The maximum absolute atomic E-state index is 7.05. The fourth-order valence-corrected chi connectivity index (χ4v) is 2.44. The molecule has 0 radical (unpaired) electrons. The van der Waals surface area contributed by atoms with Crippen molar-refractivity contribution in [2.75, 3.05) is 0 Å². The van der Waals surface area contributed by atoms with Crippen molar-refractivity contribution in [3.05, 3.63) is 77.9 Å². The Hall–Kier alpha value is -3.00. The van der Waals surface area contributed by atoms with E-state index in [1.165, 1.54) is 5.56 Å². The van der Waals surface area contributed by atoms with Crippen molar-refractivity contribution in [2.45, 2.75) is 25.7 Å². The molecule has 0 fully saturated rings. The summed E-state index contributed by atoms with van der Waals surface area (Å²) in [5.74, 6) is 0.657. The minimum absolute atomic E-state index is 0.657. The van der Waals surface area contributed by atoms with Crippen molar-refractivity contribution in [3.8, 4) is 5.95 Å². The Morgan fingerprint density at radius 1 is 1.09 bits per heavy atom. The molecular weight excluding hydrogens is 286 g/mol. The number of aromatic nitrogens is 4. The average Bonchev–Trinajstić information content (AvgIpc) is 3.14. The summed E-state index contributed by atoms with van der Waals surface area (Å²) < 4.78 is 1.80. The first-order chi connectivity index (χ1) is 11.3. The number of unbranched alkanes of at least 4 members (excludes halogenated alkanes) is 1. The average molecular weight is 303 g/mol. The molecule has 0 amide bonds. The molecule has 5 heteroatoms. The molecule has 0 unspecified atom stereocenters. The molecule has 114 valence electrons. The molecule has 5 nitrogen and oxygen atoms in total. The normalized spacial score (nSPS) is 10.4. The molecule has 1 aromatic carbocycles. The maximum Gasteiger partial charge on any atom is 0.235 e. The number of aryl methyl sites for hydroxylation is 2. The minimum Gasteiger partial charge on any atom is -0.274 e. The summed E-state index contributed by atoms with van der Waals surface area (Å²) in [7, 11) is 0. The summed E-state index contributed by atoms with van der Waals surface area (Å²) in [5, 5.41) is 0. The van der Waals surface area contributed by atoms with Gasteiger partial charge in [-0.2, -0.15) is 0 Å². The van der Waals surface area contributed by atoms with Crippen molar-refractivity contribution in [1.29, 1.82) is 0 Å². The first-order valence-corrected chi connectivity index (χ1v) is 7.62. The zero-order valence-corrected chi connectivity index (χ0v) is 12.8. The standard InChI is InChI=1S/C18H17N5/c1-19-17-8-4-6-15(13-17)5-2-3-7-16-9-10-21-18(22-16)23-12-11-20-14-23/h4,6,8-14H,2-3,5,7H2. The van der Waals surface area contributed by atoms with E-state index < -0.39 is 0 Å². The SMILES string of the molecule is [C-]#[N+]c1cccc(CCCCc2ccnc(-n3ccnc3)n2)c1. The first kappa shape index (κ1) is 14.9. The lowest BCUT2D eigenvalue weighted by atomic mass is 10.1. The van der Waals surface area contributed by atoms with Crippen LogP contribution in [0.25, 0.3) is 10.8 Å². The number of rotatable bonds is 6. The van der Waals surface area contributed by atoms with Crippen LogP contribution in [0.5, 0.6) is 0 Å². The predicted molar refractivity (Wildman–Crippen MR) is 88.5 cm³/mol. The Morgan fingerprint density at radius 3 is 2.83 bits per heavy atom. The summed E-state index contributed by atoms with van der Waals surface area (Å²) in [5.41, 5.74) is 2.97. The number of benzene rings is 1. The minimum atomic E-state index is 0.657. The number of hydrogen-bond donors (Lipinski definition) is 0. The molecule has 23 heavy (non-hydrogen) atoms. The van der Waals surface area contributed by atoms with Gasteiger partial charge in [-0.05, 0) is 31.7 Å². The Kier molecular flexibility index (Phi) is 4.75. The van der Waals surface area contributed by atoms with E-state index >= 15 is 0 Å². The van der Waals surface area contributed by atoms with Crippen molar-refractivity contribution in [1.82, 2.24) is 19.5 Å². The second kappa shape index (κ2) is 7.32. The van der Waals surface area contributed by atoms with Crippen LogP contribution in [0.15, 0.2) is 55.2 Å². The quantitative estimate of drug-likeness (QED) is 0.514. The van der Waals surface area contributed by atoms with Crippen molar-refractivity contribution >= 4 is 5.69 Å². The Labute approximate surface area is 135 Å². The number of hydrogen-bond acceptors (Lipinski definition) is 3. The van der Waals surface area contributed by atoms with Crippen LogP contribution in [0.3, 0.4) is 0 Å². The highest BCUT2D eigenvalue weighted by Crippen LogP contribution is 2.16. The summed E-state index contributed by atoms with van der Waals surface area (Å²) in [6.45, 7) is 7.05. The second-order valence-corrected chi connectivity index (χ2v) is 5.31. The Balaban J connectivity index is 1.53. The third kappa shape index (κ3) is 4.01. The molecule has 2 heterocycles. The maximum atomic E-state index is 7.05. The van der Waals surface area contributed by atoms with Crippen LogP contribution in [0.4, 0.5) is 5.69 Å². The lowest BCUT2D eigenvalue weighted by Crippen LogP contribution is -2.01. The van der Waals surface area contributed by atoms with E-state index in [0.717, 1.165) is 31.4 Å². The fourth-order valence-electron chi connectivity index (χ4n) is 2.44. The van der Waals surface area contributed by atoms with Crippen molar-refractivity contribution in [3.63, 3.8) is 0 Å². The molecule has 0 spiro atoms. The smallest absolute Gasteiger partial charge is 0.235 e. The predicted octanol–water partition coefficient (Wildman–Crippen LogP) is 3.78. The van der Waals surface area contributed by atoms with Crippen molar-refractivity contribution < 1.29 is 0 Å². The van der Waals surface area contributed by atoms with E-state index in [1.54, 1.807) is 23.3 Å². The third-order valence-corrected chi connectivity index (χ3v) is 3.62. The molecule has 2 aromatic heterocycles. The summed E-state index contributed by atoms with van der Waals surface area (Å²) in [4.78, 5) is 16.3. The van der Waals surface area contributed by atoms with Gasteiger partial charge in [0.05, 0.1) is 6.57 Å². The lowest BCUT2D eigenvalue weighted by Gasteiger charge is -2.05. The molecule has 0 saturated heterocycles. The number of imidazole rings is 1. The van der Waals surface area contributed by atoms with E-state index in [9.17, 15) is 0 Å². The molecule has 0 aliphatic carbocycles. The molecule has 3 aromatic rings. The molecular formula is C18H17N5. The van der Waals surface area contributed by atoms with Gasteiger partial charge in [0.2, 0.25) is 5.95 Å². The highest BCUT2D eigenvalue weighted by atomic mass is 15.2. The van der Waals surface area contributed by atoms with Gasteiger partial charge in [-0.15, -0.1) is 0 Å². The zero-order valence-electron chi connectivity index (χ0n) is 12.8. The van der Waals surface area contributed by atoms with Crippen LogP contribution >= 0.6 is 0 Å². The third-order valence-electron chi connectivity index (χ3n) is 3.62. The van der Waals surface area contributed by atoms with E-state index in [1.807, 2.05) is 30.5 Å². The molecule has 0 bridgehead atoms. The van der Waals surface area contributed by atoms with Gasteiger partial charge in [0.1, 0.15) is 6.33 Å². The highest BCUT2D eigenvalue weighted by Gasteiger charge is 2.02. The van der Waals surface area contributed by atoms with Gasteiger partial charge < -0.3 is 0 Å². The molecule has 0 aliphatic rings. The molecule has 0 aliphatic heterocycles. The number of nitrogens with zero attached hydrogens (tertiary/aromatic N) is 5. The van der Waals surface area contributed by atoms with E-state index in [-0.39, 0.29) is 0 Å². The molecule has 3 rings (SSSR count). The van der Waals surface area contributed by atoms with E-state index in [2.05, 4.69) is 25.9 Å². The zero-order chi connectivity index (χ0) is 15.9. The van der Waals surface area contributed by atoms with Gasteiger partial charge in [-0.1, -0.05) is 29.8 Å². The topological polar surface area (TPSA) is 48.0 Å². The van der Waals surface area contributed by atoms with Gasteiger partial charge in [-0.3, -0.25) is 4.57 Å². The van der Waals surface area contributed by atoms with Gasteiger partial charge in [-0.25, -0.2) is 19.8 Å². The van der Waals surface area contributed by atoms with Crippen LogP contribution in [-0.4, -0.2) is 19.5 Å². The van der Waals surface area contributed by atoms with E-state index in [0.29, 0.717) is 11.6 Å². The van der Waals surface area contributed by atoms with Gasteiger partial charge >= 0.3 is 0 Å². The summed E-state index contributed by atoms with van der Waals surface area (Å²) in [6, 6.07) is 9.80. The largest absolute Gasteiger partial charge is 0.274 e. The molecule has 0 saturated carbocycles. The summed E-state index contributed by atoms with van der Waals surface area (Å²) in [6.07, 6.45) is 11.1. The Morgan fingerprint density at radius 2 is 2.00 bits per heavy atom. The van der Waals surface area contributed by atoms with Gasteiger partial charge in [0, 0.05) is 24.3 Å². The van der Waals surface area contributed by atoms with Crippen LogP contribution < -0.4 is 0 Å². The van der Waals surface area contributed by atoms with Crippen LogP contribution in [0, 0.1) is 6.57 Å². The second-order valence-electron chi connectivity index (χ2n) is 5.31. The van der Waals surface area contributed by atoms with E-state index in [4.69, 9.17) is 6.57 Å². The monoisotopic (exact) mass is 303 g/mol. The molecule has 0 N–H and O–H groups in total. The van der Waals surface area contributed by atoms with Crippen LogP contribution in [0.2, 0.25) is 0 Å². The lowest BCUT2D eigenvalue weighted by molar-refractivity contribution is 0.717. The van der Waals surface area contributed by atoms with Crippen LogP contribution in [-0.2, 0) is 12.8 Å². The summed E-state index contributed by atoms with van der Waals surface area (Å²) >= 11 is 0. The van der Waals surface area contributed by atoms with Gasteiger partial charge in [0.15, 0.2) is 5.69 Å². The highest BCUT2D eigenvalue weighted by molar-refractivity contribution is 5.46.